The fourth-order valence-corrected chi connectivity index (χ4v) is 4.49. The van der Waals surface area contributed by atoms with Crippen LogP contribution in [0.1, 0.15) is 32.1 Å². The molecule has 0 aliphatic carbocycles. The number of carbonyl (C=O) groups excluding carboxylic acids is 1. The Morgan fingerprint density at radius 3 is 2.88 bits per heavy atom. The van der Waals surface area contributed by atoms with Crippen LogP contribution in [-0.4, -0.2) is 54.7 Å². The highest BCUT2D eigenvalue weighted by molar-refractivity contribution is 5.86. The molecule has 6 heteroatoms. The third kappa shape index (κ3) is 2.66. The Hall–Kier alpha value is -1.69. The molecule has 0 bridgehead atoms. The second-order valence-corrected chi connectivity index (χ2v) is 7.21. The number of halogens is 1. The van der Waals surface area contributed by atoms with Crippen LogP contribution in [0.3, 0.4) is 0 Å². The minimum absolute atomic E-state index is 0.260. The monoisotopic (exact) mass is 333 g/mol. The predicted molar refractivity (Wildman–Crippen MR) is 88.2 cm³/mol. The van der Waals surface area contributed by atoms with Crippen molar-refractivity contribution in [1.29, 1.82) is 0 Å². The number of likely N-dealkylation sites (tertiary alicyclic amines) is 1. The van der Waals surface area contributed by atoms with Crippen LogP contribution in [0.5, 0.6) is 0 Å². The van der Waals surface area contributed by atoms with Gasteiger partial charge in [0.15, 0.2) is 11.6 Å². The SMILES string of the molecule is O=C1N(C2CCOCC2)CC[C@]12CCCN(c1ncccc1F)C2. The van der Waals surface area contributed by atoms with Crippen molar-refractivity contribution in [2.45, 2.75) is 38.1 Å². The lowest BCUT2D eigenvalue weighted by molar-refractivity contribution is -0.139. The maximum Gasteiger partial charge on any atom is 0.230 e. The number of hydrogen-bond donors (Lipinski definition) is 0. The van der Waals surface area contributed by atoms with E-state index in [0.29, 0.717) is 18.4 Å². The largest absolute Gasteiger partial charge is 0.381 e. The summed E-state index contributed by atoms with van der Waals surface area (Å²) in [6, 6.07) is 3.35. The average Bonchev–Trinajstić information content (AvgIpc) is 2.92. The van der Waals surface area contributed by atoms with Crippen molar-refractivity contribution in [1.82, 2.24) is 9.88 Å². The molecule has 4 rings (SSSR count). The molecule has 130 valence electrons. The minimum atomic E-state index is -0.361. The summed E-state index contributed by atoms with van der Waals surface area (Å²) < 4.78 is 19.5. The van der Waals surface area contributed by atoms with Gasteiger partial charge in [0.2, 0.25) is 5.91 Å². The summed E-state index contributed by atoms with van der Waals surface area (Å²) in [7, 11) is 0. The highest BCUT2D eigenvalue weighted by atomic mass is 19.1. The normalized spacial score (nSPS) is 28.8. The Morgan fingerprint density at radius 1 is 1.25 bits per heavy atom. The van der Waals surface area contributed by atoms with E-state index in [1.165, 1.54) is 6.07 Å². The zero-order chi connectivity index (χ0) is 16.6. The van der Waals surface area contributed by atoms with Crippen molar-refractivity contribution in [3.63, 3.8) is 0 Å². The fourth-order valence-electron chi connectivity index (χ4n) is 4.49. The van der Waals surface area contributed by atoms with Crippen LogP contribution in [0, 0.1) is 11.2 Å². The van der Waals surface area contributed by atoms with E-state index in [1.54, 1.807) is 12.3 Å². The molecule has 1 amide bonds. The lowest BCUT2D eigenvalue weighted by atomic mass is 9.78. The number of anilines is 1. The van der Waals surface area contributed by atoms with Gasteiger partial charge in [-0.2, -0.15) is 0 Å². The number of ether oxygens (including phenoxy) is 1. The number of nitrogens with zero attached hydrogens (tertiary/aromatic N) is 3. The van der Waals surface area contributed by atoms with Crippen molar-refractivity contribution < 1.29 is 13.9 Å². The Morgan fingerprint density at radius 2 is 2.08 bits per heavy atom. The molecule has 0 N–H and O–H groups in total. The molecule has 1 aromatic heterocycles. The van der Waals surface area contributed by atoms with Crippen molar-refractivity contribution in [3.8, 4) is 0 Å². The first-order valence-corrected chi connectivity index (χ1v) is 8.94. The minimum Gasteiger partial charge on any atom is -0.381 e. The summed E-state index contributed by atoms with van der Waals surface area (Å²) in [6.07, 6.45) is 6.15. The maximum absolute atomic E-state index is 14.1. The quantitative estimate of drug-likeness (QED) is 0.832. The summed E-state index contributed by atoms with van der Waals surface area (Å²) in [5, 5.41) is 0. The van der Waals surface area contributed by atoms with Gasteiger partial charge >= 0.3 is 0 Å². The zero-order valence-corrected chi connectivity index (χ0v) is 13.9. The third-order valence-corrected chi connectivity index (χ3v) is 5.79. The van der Waals surface area contributed by atoms with E-state index in [4.69, 9.17) is 4.74 Å². The molecule has 1 spiro atoms. The van der Waals surface area contributed by atoms with Crippen LogP contribution in [-0.2, 0) is 9.53 Å². The van der Waals surface area contributed by atoms with E-state index in [9.17, 15) is 9.18 Å². The van der Waals surface area contributed by atoms with Gasteiger partial charge in [-0.25, -0.2) is 9.37 Å². The number of pyridine rings is 1. The molecule has 4 heterocycles. The first-order chi connectivity index (χ1) is 11.7. The molecule has 3 saturated heterocycles. The fraction of sp³-hybridized carbons (Fsp3) is 0.667. The lowest BCUT2D eigenvalue weighted by Crippen LogP contribution is -2.50. The molecule has 0 saturated carbocycles. The molecule has 3 aliphatic rings. The maximum atomic E-state index is 14.1. The average molecular weight is 333 g/mol. The number of piperidine rings is 1. The highest BCUT2D eigenvalue weighted by Gasteiger charge is 2.50. The van der Waals surface area contributed by atoms with Crippen molar-refractivity contribution in [3.05, 3.63) is 24.1 Å². The topological polar surface area (TPSA) is 45.7 Å². The number of aromatic nitrogens is 1. The van der Waals surface area contributed by atoms with Crippen LogP contribution >= 0.6 is 0 Å². The Bertz CT molecular complexity index is 620. The molecule has 5 nitrogen and oxygen atoms in total. The van der Waals surface area contributed by atoms with Gasteiger partial charge in [0.1, 0.15) is 0 Å². The first-order valence-electron chi connectivity index (χ1n) is 8.94. The molecule has 3 fully saturated rings. The van der Waals surface area contributed by atoms with Gasteiger partial charge in [-0.15, -0.1) is 0 Å². The smallest absolute Gasteiger partial charge is 0.230 e. The van der Waals surface area contributed by atoms with Gasteiger partial charge in [0.25, 0.3) is 0 Å². The summed E-state index contributed by atoms with van der Waals surface area (Å²) in [4.78, 5) is 21.4. The number of rotatable bonds is 2. The Kier molecular flexibility index (Phi) is 4.16. The molecule has 0 aromatic carbocycles. The first kappa shape index (κ1) is 15.8. The van der Waals surface area contributed by atoms with Gasteiger partial charge in [-0.1, -0.05) is 0 Å². The molecular weight excluding hydrogens is 309 g/mol. The van der Waals surface area contributed by atoms with Gasteiger partial charge in [0.05, 0.1) is 5.41 Å². The zero-order valence-electron chi connectivity index (χ0n) is 13.9. The molecule has 24 heavy (non-hydrogen) atoms. The molecule has 0 radical (unpaired) electrons. The summed E-state index contributed by atoms with van der Waals surface area (Å²) in [6.45, 7) is 3.65. The van der Waals surface area contributed by atoms with Crippen LogP contribution < -0.4 is 4.90 Å². The van der Waals surface area contributed by atoms with E-state index in [-0.39, 0.29) is 17.1 Å². The predicted octanol–water partition coefficient (Wildman–Crippen LogP) is 2.22. The van der Waals surface area contributed by atoms with Crippen molar-refractivity contribution in [2.75, 3.05) is 37.7 Å². The number of hydrogen-bond acceptors (Lipinski definition) is 4. The summed E-state index contributed by atoms with van der Waals surface area (Å²) in [5.41, 5.74) is -0.361. The van der Waals surface area contributed by atoms with Gasteiger partial charge in [-0.05, 0) is 44.2 Å². The van der Waals surface area contributed by atoms with Crippen LogP contribution in [0.15, 0.2) is 18.3 Å². The molecular formula is C18H24FN3O2. The van der Waals surface area contributed by atoms with E-state index in [0.717, 1.165) is 58.4 Å². The molecule has 0 unspecified atom stereocenters. The van der Waals surface area contributed by atoms with E-state index < -0.39 is 0 Å². The van der Waals surface area contributed by atoms with Crippen LogP contribution in [0.4, 0.5) is 10.2 Å². The highest BCUT2D eigenvalue weighted by Crippen LogP contribution is 2.42. The van der Waals surface area contributed by atoms with E-state index in [1.807, 2.05) is 4.90 Å². The molecule has 1 aromatic rings. The van der Waals surface area contributed by atoms with Gasteiger partial charge in [0, 0.05) is 45.1 Å². The standard InChI is InChI=1S/C18H24FN3O2/c19-15-3-1-8-20-16(15)21-9-2-6-18(13-21)7-10-22(17(18)23)14-4-11-24-12-5-14/h1,3,8,14H,2,4-7,9-13H2/t18-/m0/s1. The van der Waals surface area contributed by atoms with E-state index in [2.05, 4.69) is 9.88 Å². The van der Waals surface area contributed by atoms with Crippen LogP contribution in [0.2, 0.25) is 0 Å². The number of amides is 1. The second kappa shape index (κ2) is 6.31. The summed E-state index contributed by atoms with van der Waals surface area (Å²) in [5.74, 6) is 0.339. The second-order valence-electron chi connectivity index (χ2n) is 7.21. The molecule has 3 aliphatic heterocycles. The third-order valence-electron chi connectivity index (χ3n) is 5.79. The molecule has 1 atom stereocenters. The Labute approximate surface area is 141 Å². The Balaban J connectivity index is 1.53. The van der Waals surface area contributed by atoms with Crippen LogP contribution in [0.25, 0.3) is 0 Å². The lowest BCUT2D eigenvalue weighted by Gasteiger charge is -2.40. The van der Waals surface area contributed by atoms with Gasteiger partial charge in [-0.3, -0.25) is 4.79 Å². The van der Waals surface area contributed by atoms with Crippen molar-refractivity contribution in [2.24, 2.45) is 5.41 Å². The van der Waals surface area contributed by atoms with Crippen molar-refractivity contribution >= 4 is 11.7 Å². The summed E-state index contributed by atoms with van der Waals surface area (Å²) >= 11 is 0. The van der Waals surface area contributed by atoms with E-state index >= 15 is 0 Å². The van der Waals surface area contributed by atoms with Gasteiger partial charge < -0.3 is 14.5 Å². The number of carbonyl (C=O) groups is 1.